The van der Waals surface area contributed by atoms with E-state index in [-0.39, 0.29) is 12.0 Å². The molecule has 1 atom stereocenters. The van der Waals surface area contributed by atoms with Gasteiger partial charge in [0.2, 0.25) is 0 Å². The third kappa shape index (κ3) is 3.90. The topological polar surface area (TPSA) is 115 Å². The van der Waals surface area contributed by atoms with Gasteiger partial charge in [-0.3, -0.25) is 4.21 Å². The number of hydrogen-bond donors (Lipinski definition) is 2. The zero-order valence-electron chi connectivity index (χ0n) is 19.6. The molecule has 2 N–H and O–H groups in total. The molecule has 0 radical (unpaired) electrons. The number of aliphatic hydroxyl groups is 1. The Hall–Kier alpha value is -2.28. The lowest BCUT2D eigenvalue weighted by atomic mass is 9.65. The largest absolute Gasteiger partial charge is 0.394 e. The number of rotatable bonds is 5. The van der Waals surface area contributed by atoms with Crippen LogP contribution in [-0.2, 0) is 17.2 Å². The molecular weight excluding hydrogens is 484 g/mol. The van der Waals surface area contributed by atoms with E-state index < -0.39 is 16.3 Å². The first-order valence-corrected chi connectivity index (χ1v) is 14.1. The third-order valence-electron chi connectivity index (χ3n) is 8.47. The quantitative estimate of drug-likeness (QED) is 0.625. The van der Waals surface area contributed by atoms with Gasteiger partial charge in [0.05, 0.1) is 44.2 Å². The van der Waals surface area contributed by atoms with Crippen LogP contribution in [0.1, 0.15) is 67.9 Å². The molecule has 0 aromatic carbocycles. The molecule has 2 aromatic heterocycles. The van der Waals surface area contributed by atoms with Crippen LogP contribution in [-0.4, -0.2) is 55.3 Å². The number of halogens is 1. The lowest BCUT2D eigenvalue weighted by Gasteiger charge is -2.54. The number of aliphatic hydroxyl groups excluding tert-OH is 1. The SMILES string of the molecule is N#Cc1c(N2CC3(CCC(c4ncc(Cl)cn4)CC3)C2)nc2c(c1NC1(CO)CCC1)[S@](=O)CC2. The van der Waals surface area contributed by atoms with E-state index in [1.165, 1.54) is 0 Å². The Morgan fingerprint density at radius 2 is 1.94 bits per heavy atom. The molecule has 2 aromatic rings. The number of aryl methyl sites for hydroxylation is 1. The van der Waals surface area contributed by atoms with Gasteiger partial charge >= 0.3 is 0 Å². The van der Waals surface area contributed by atoms with Crippen molar-refractivity contribution in [2.24, 2.45) is 5.41 Å². The fourth-order valence-corrected chi connectivity index (χ4v) is 7.68. The van der Waals surface area contributed by atoms with Crippen LogP contribution in [0.5, 0.6) is 0 Å². The van der Waals surface area contributed by atoms with Crippen LogP contribution >= 0.6 is 11.6 Å². The number of nitriles is 1. The molecule has 3 fully saturated rings. The van der Waals surface area contributed by atoms with Crippen LogP contribution in [0.15, 0.2) is 17.3 Å². The van der Waals surface area contributed by atoms with Crippen molar-refractivity contribution in [2.75, 3.05) is 35.7 Å². The molecule has 10 heteroatoms. The van der Waals surface area contributed by atoms with E-state index in [0.29, 0.717) is 45.1 Å². The molecule has 4 heterocycles. The Labute approximate surface area is 212 Å². The van der Waals surface area contributed by atoms with E-state index in [9.17, 15) is 14.6 Å². The molecule has 0 amide bonds. The zero-order chi connectivity index (χ0) is 24.2. The van der Waals surface area contributed by atoms with E-state index in [1.807, 2.05) is 0 Å². The van der Waals surface area contributed by atoms with E-state index in [2.05, 4.69) is 26.3 Å². The predicted molar refractivity (Wildman–Crippen MR) is 134 cm³/mol. The second kappa shape index (κ2) is 8.68. The third-order valence-corrected chi connectivity index (χ3v) is 10.1. The summed E-state index contributed by atoms with van der Waals surface area (Å²) in [4.78, 5) is 16.6. The molecule has 0 unspecified atom stereocenters. The second-order valence-corrected chi connectivity index (χ2v) is 12.6. The summed E-state index contributed by atoms with van der Waals surface area (Å²) in [5.41, 5.74) is 1.74. The monoisotopic (exact) mass is 512 g/mol. The molecule has 1 saturated heterocycles. The Balaban J connectivity index is 1.23. The number of hydrogen-bond acceptors (Lipinski definition) is 8. The molecule has 2 aliphatic carbocycles. The number of fused-ring (bicyclic) bond motifs is 1. The van der Waals surface area contributed by atoms with Crippen molar-refractivity contribution >= 4 is 33.9 Å². The Morgan fingerprint density at radius 3 is 2.54 bits per heavy atom. The smallest absolute Gasteiger partial charge is 0.149 e. The summed E-state index contributed by atoms with van der Waals surface area (Å²) < 4.78 is 12.8. The van der Waals surface area contributed by atoms with E-state index in [4.69, 9.17) is 16.6 Å². The highest BCUT2D eigenvalue weighted by atomic mass is 35.5. The fraction of sp³-hybridized carbons (Fsp3) is 0.600. The summed E-state index contributed by atoms with van der Waals surface area (Å²) >= 11 is 5.94. The van der Waals surface area contributed by atoms with Crippen molar-refractivity contribution < 1.29 is 9.32 Å². The van der Waals surface area contributed by atoms with Crippen molar-refractivity contribution in [2.45, 2.75) is 67.7 Å². The average Bonchev–Trinajstić information content (AvgIpc) is 3.20. The molecule has 184 valence electrons. The molecule has 1 spiro atoms. The van der Waals surface area contributed by atoms with Gasteiger partial charge in [0.15, 0.2) is 0 Å². The van der Waals surface area contributed by atoms with Gasteiger partial charge in [-0.1, -0.05) is 11.6 Å². The zero-order valence-corrected chi connectivity index (χ0v) is 21.2. The van der Waals surface area contributed by atoms with Crippen molar-refractivity contribution in [3.8, 4) is 6.07 Å². The van der Waals surface area contributed by atoms with Crippen molar-refractivity contribution in [1.82, 2.24) is 15.0 Å². The standard InChI is InChI=1S/C25H29ClN6O2S/c26-17-11-28-22(29-12-17)16-2-7-24(8-3-16)13-32(14-24)23-18(10-27)20(31-25(15-33)5-1-6-25)21-19(30-23)4-9-35(21)34/h11-12,16,33H,1-9,13-15H2,(H,30,31)/t35-/m1/s1. The normalized spacial score (nSPS) is 24.4. The van der Waals surface area contributed by atoms with Gasteiger partial charge in [-0.2, -0.15) is 5.26 Å². The Bertz CT molecular complexity index is 1200. The number of aromatic nitrogens is 3. The maximum absolute atomic E-state index is 12.8. The van der Waals surface area contributed by atoms with E-state index in [1.54, 1.807) is 12.4 Å². The minimum atomic E-state index is -1.17. The van der Waals surface area contributed by atoms with Gasteiger partial charge in [-0.15, -0.1) is 0 Å². The van der Waals surface area contributed by atoms with Gasteiger partial charge < -0.3 is 15.3 Å². The average molecular weight is 513 g/mol. The lowest BCUT2D eigenvalue weighted by molar-refractivity contribution is 0.125. The minimum absolute atomic E-state index is 0.00224. The minimum Gasteiger partial charge on any atom is -0.394 e. The van der Waals surface area contributed by atoms with Crippen molar-refractivity contribution in [3.63, 3.8) is 0 Å². The van der Waals surface area contributed by atoms with Crippen molar-refractivity contribution in [1.29, 1.82) is 5.26 Å². The maximum atomic E-state index is 12.8. The van der Waals surface area contributed by atoms with Crippen LogP contribution in [0.25, 0.3) is 0 Å². The van der Waals surface area contributed by atoms with Gasteiger partial charge in [-0.05, 0) is 44.9 Å². The summed E-state index contributed by atoms with van der Waals surface area (Å²) in [6.45, 7) is 1.74. The van der Waals surface area contributed by atoms with Gasteiger partial charge in [0.25, 0.3) is 0 Å². The summed E-state index contributed by atoms with van der Waals surface area (Å²) in [7, 11) is -1.17. The highest BCUT2D eigenvalue weighted by molar-refractivity contribution is 7.85. The molecular formula is C25H29ClN6O2S. The summed E-state index contributed by atoms with van der Waals surface area (Å²) in [5.74, 6) is 2.48. The summed E-state index contributed by atoms with van der Waals surface area (Å²) in [6, 6.07) is 2.37. The highest BCUT2D eigenvalue weighted by Gasteiger charge is 2.48. The number of anilines is 2. The van der Waals surface area contributed by atoms with Gasteiger partial charge in [0, 0.05) is 49.0 Å². The first-order chi connectivity index (χ1) is 16.9. The first kappa shape index (κ1) is 23.1. The molecule has 2 aliphatic heterocycles. The molecule has 0 bridgehead atoms. The Kier molecular flexibility index (Phi) is 5.74. The summed E-state index contributed by atoms with van der Waals surface area (Å²) in [5, 5.41) is 24.3. The van der Waals surface area contributed by atoms with Crippen LogP contribution in [0.4, 0.5) is 11.5 Å². The fourth-order valence-electron chi connectivity index (χ4n) is 6.21. The molecule has 6 rings (SSSR count). The molecule has 8 nitrogen and oxygen atoms in total. The van der Waals surface area contributed by atoms with Crippen LogP contribution < -0.4 is 10.2 Å². The van der Waals surface area contributed by atoms with Crippen LogP contribution in [0.3, 0.4) is 0 Å². The maximum Gasteiger partial charge on any atom is 0.149 e. The molecule has 35 heavy (non-hydrogen) atoms. The van der Waals surface area contributed by atoms with E-state index >= 15 is 0 Å². The summed E-state index contributed by atoms with van der Waals surface area (Å²) in [6.07, 6.45) is 11.0. The molecule has 4 aliphatic rings. The number of nitrogens with zero attached hydrogens (tertiary/aromatic N) is 5. The van der Waals surface area contributed by atoms with Crippen LogP contribution in [0.2, 0.25) is 5.02 Å². The molecule has 2 saturated carbocycles. The lowest BCUT2D eigenvalue weighted by Crippen LogP contribution is -2.58. The van der Waals surface area contributed by atoms with E-state index in [0.717, 1.165) is 69.6 Å². The Morgan fingerprint density at radius 1 is 1.23 bits per heavy atom. The highest BCUT2D eigenvalue weighted by Crippen LogP contribution is 2.50. The first-order valence-electron chi connectivity index (χ1n) is 12.4. The second-order valence-electron chi connectivity index (χ2n) is 10.7. The number of pyridine rings is 1. The van der Waals surface area contributed by atoms with Gasteiger partial charge in [0.1, 0.15) is 23.3 Å². The van der Waals surface area contributed by atoms with Crippen molar-refractivity contribution in [3.05, 3.63) is 34.5 Å². The predicted octanol–water partition coefficient (Wildman–Crippen LogP) is 3.55. The van der Waals surface area contributed by atoms with Gasteiger partial charge in [-0.25, -0.2) is 15.0 Å². The number of nitrogens with one attached hydrogen (secondary N) is 1. The van der Waals surface area contributed by atoms with Crippen LogP contribution in [0, 0.1) is 16.7 Å².